The van der Waals surface area contributed by atoms with Crippen molar-refractivity contribution in [3.63, 3.8) is 0 Å². The minimum Gasteiger partial charge on any atom is -0.465 e. The summed E-state index contributed by atoms with van der Waals surface area (Å²) in [6, 6.07) is 0. The van der Waals surface area contributed by atoms with Crippen molar-refractivity contribution >= 4 is 40.8 Å². The summed E-state index contributed by atoms with van der Waals surface area (Å²) in [6.07, 6.45) is 1.27. The highest BCUT2D eigenvalue weighted by molar-refractivity contribution is 6.66. The van der Waals surface area contributed by atoms with Crippen LogP contribution in [-0.2, 0) is 8.53 Å². The number of aryl methyl sites for hydroxylation is 1. The average molecular weight is 270 g/mol. The molecule has 0 N–H and O–H groups in total. The molecular formula is C8H7Cl3N2O2. The summed E-state index contributed by atoms with van der Waals surface area (Å²) >= 11 is 16.8. The zero-order valence-corrected chi connectivity index (χ0v) is 10.2. The lowest BCUT2D eigenvalue weighted by molar-refractivity contribution is 0.0598. The number of rotatable bonds is 1. The maximum Gasteiger partial charge on any atom is 0.341 e. The van der Waals surface area contributed by atoms with Gasteiger partial charge in [-0.25, -0.2) is 14.8 Å². The molecule has 1 aromatic heterocycles. The van der Waals surface area contributed by atoms with Gasteiger partial charge < -0.3 is 4.74 Å². The topological polar surface area (TPSA) is 52.1 Å². The monoisotopic (exact) mass is 268 g/mol. The van der Waals surface area contributed by atoms with Gasteiger partial charge in [0.1, 0.15) is 0 Å². The quantitative estimate of drug-likeness (QED) is 0.580. The summed E-state index contributed by atoms with van der Waals surface area (Å²) in [4.78, 5) is 18.9. The minimum absolute atomic E-state index is 0.0256. The second kappa shape index (κ2) is 4.51. The molecule has 82 valence electrons. The highest BCUT2D eigenvalue weighted by atomic mass is 35.6. The number of alkyl halides is 3. The molecule has 0 saturated heterocycles. The maximum absolute atomic E-state index is 11.2. The summed E-state index contributed by atoms with van der Waals surface area (Å²) in [6.45, 7) is 1.60. The summed E-state index contributed by atoms with van der Waals surface area (Å²) in [5.41, 5.74) is 0.647. The second-order valence-electron chi connectivity index (χ2n) is 2.68. The number of ether oxygens (including phenoxy) is 1. The lowest BCUT2D eigenvalue weighted by Crippen LogP contribution is -2.12. The summed E-state index contributed by atoms with van der Waals surface area (Å²) in [5, 5.41) is 0. The molecule has 0 radical (unpaired) electrons. The molecule has 0 bridgehead atoms. The van der Waals surface area contributed by atoms with Gasteiger partial charge in [-0.05, 0) is 6.92 Å². The first-order valence-corrected chi connectivity index (χ1v) is 4.99. The Hall–Kier alpha value is -0.580. The van der Waals surface area contributed by atoms with Crippen LogP contribution in [0.2, 0.25) is 0 Å². The molecule has 0 unspecified atom stereocenters. The predicted molar refractivity (Wildman–Crippen MR) is 57.3 cm³/mol. The third kappa shape index (κ3) is 2.93. The first kappa shape index (κ1) is 12.5. The van der Waals surface area contributed by atoms with Crippen LogP contribution in [0.3, 0.4) is 0 Å². The predicted octanol–water partition coefficient (Wildman–Crippen LogP) is 2.40. The van der Waals surface area contributed by atoms with Gasteiger partial charge in [0.05, 0.1) is 18.4 Å². The molecular weight excluding hydrogens is 262 g/mol. The molecule has 0 aliphatic rings. The van der Waals surface area contributed by atoms with E-state index in [4.69, 9.17) is 34.8 Å². The van der Waals surface area contributed by atoms with Crippen molar-refractivity contribution < 1.29 is 9.53 Å². The van der Waals surface area contributed by atoms with Crippen molar-refractivity contribution in [2.75, 3.05) is 7.11 Å². The molecule has 7 heteroatoms. The molecule has 0 spiro atoms. The molecule has 0 aliphatic heterocycles. The zero-order valence-electron chi connectivity index (χ0n) is 7.92. The molecule has 0 fully saturated rings. The van der Waals surface area contributed by atoms with Crippen molar-refractivity contribution in [2.45, 2.75) is 10.7 Å². The lowest BCUT2D eigenvalue weighted by Gasteiger charge is -2.10. The number of hydrogen-bond donors (Lipinski definition) is 0. The molecule has 0 aromatic carbocycles. The van der Waals surface area contributed by atoms with Gasteiger partial charge in [-0.1, -0.05) is 34.8 Å². The Morgan fingerprint density at radius 2 is 2.07 bits per heavy atom. The van der Waals surface area contributed by atoms with Crippen molar-refractivity contribution in [3.05, 3.63) is 23.3 Å². The van der Waals surface area contributed by atoms with E-state index < -0.39 is 9.76 Å². The summed E-state index contributed by atoms with van der Waals surface area (Å²) in [5.74, 6) is -0.499. The number of nitrogens with zero attached hydrogens (tertiary/aromatic N) is 2. The average Bonchev–Trinajstić information content (AvgIpc) is 2.15. The van der Waals surface area contributed by atoms with Crippen LogP contribution in [0.4, 0.5) is 0 Å². The molecule has 0 aliphatic carbocycles. The van der Waals surface area contributed by atoms with Crippen LogP contribution in [0, 0.1) is 6.92 Å². The third-order valence-electron chi connectivity index (χ3n) is 1.64. The molecule has 0 amide bonds. The van der Waals surface area contributed by atoms with E-state index in [-0.39, 0.29) is 11.4 Å². The van der Waals surface area contributed by atoms with Gasteiger partial charge in [0.25, 0.3) is 0 Å². The number of aromatic nitrogens is 2. The van der Waals surface area contributed by atoms with Gasteiger partial charge in [-0.2, -0.15) is 0 Å². The molecule has 0 atom stereocenters. The number of esters is 1. The van der Waals surface area contributed by atoms with Crippen LogP contribution in [0.15, 0.2) is 6.20 Å². The Morgan fingerprint density at radius 1 is 1.47 bits per heavy atom. The first-order chi connectivity index (χ1) is 6.86. The SMILES string of the molecule is COC(=O)c1cnc(C(Cl)(Cl)Cl)nc1C. The van der Waals surface area contributed by atoms with Gasteiger partial charge in [0, 0.05) is 6.20 Å². The normalized spacial score (nSPS) is 11.3. The van der Waals surface area contributed by atoms with Crippen molar-refractivity contribution in [2.24, 2.45) is 0 Å². The van der Waals surface area contributed by atoms with Crippen LogP contribution >= 0.6 is 34.8 Å². The van der Waals surface area contributed by atoms with Crippen LogP contribution in [-0.4, -0.2) is 23.0 Å². The van der Waals surface area contributed by atoms with E-state index in [2.05, 4.69) is 14.7 Å². The maximum atomic E-state index is 11.2. The molecule has 4 nitrogen and oxygen atoms in total. The van der Waals surface area contributed by atoms with Crippen LogP contribution in [0.5, 0.6) is 0 Å². The van der Waals surface area contributed by atoms with E-state index in [0.29, 0.717) is 5.69 Å². The van der Waals surface area contributed by atoms with Crippen molar-refractivity contribution in [1.29, 1.82) is 0 Å². The lowest BCUT2D eigenvalue weighted by atomic mass is 10.2. The van der Waals surface area contributed by atoms with Gasteiger partial charge in [-0.15, -0.1) is 0 Å². The third-order valence-corrected chi connectivity index (χ3v) is 2.15. The van der Waals surface area contributed by atoms with Crippen LogP contribution in [0.25, 0.3) is 0 Å². The van der Waals surface area contributed by atoms with E-state index >= 15 is 0 Å². The van der Waals surface area contributed by atoms with Crippen molar-refractivity contribution in [3.8, 4) is 0 Å². The summed E-state index contributed by atoms with van der Waals surface area (Å²) < 4.78 is 2.83. The standard InChI is InChI=1S/C8H7Cl3N2O2/c1-4-5(6(14)15-2)3-12-7(13-4)8(9,10)11/h3H,1-2H3. The molecule has 1 heterocycles. The van der Waals surface area contributed by atoms with E-state index in [1.807, 2.05) is 0 Å². The number of carbonyl (C=O) groups is 1. The van der Waals surface area contributed by atoms with Crippen molar-refractivity contribution in [1.82, 2.24) is 9.97 Å². The number of halogens is 3. The minimum atomic E-state index is -1.70. The zero-order chi connectivity index (χ0) is 11.6. The Balaban J connectivity index is 3.15. The van der Waals surface area contributed by atoms with E-state index in [1.54, 1.807) is 6.92 Å². The van der Waals surface area contributed by atoms with E-state index in [1.165, 1.54) is 13.3 Å². The Bertz CT molecular complexity index is 390. The van der Waals surface area contributed by atoms with E-state index in [0.717, 1.165) is 0 Å². The fraction of sp³-hybridized carbons (Fsp3) is 0.375. The first-order valence-electron chi connectivity index (χ1n) is 3.85. The summed E-state index contributed by atoms with van der Waals surface area (Å²) in [7, 11) is 1.27. The van der Waals surface area contributed by atoms with Crippen LogP contribution < -0.4 is 0 Å². The van der Waals surface area contributed by atoms with Gasteiger partial charge in [0.2, 0.25) is 3.79 Å². The van der Waals surface area contributed by atoms with Gasteiger partial charge in [0.15, 0.2) is 5.82 Å². The fourth-order valence-corrected chi connectivity index (χ4v) is 1.19. The molecule has 15 heavy (non-hydrogen) atoms. The number of carbonyl (C=O) groups excluding carboxylic acids is 1. The smallest absolute Gasteiger partial charge is 0.341 e. The number of methoxy groups -OCH3 is 1. The largest absolute Gasteiger partial charge is 0.465 e. The highest BCUT2D eigenvalue weighted by Gasteiger charge is 2.27. The molecule has 1 rings (SSSR count). The number of hydrogen-bond acceptors (Lipinski definition) is 4. The molecule has 1 aromatic rings. The van der Waals surface area contributed by atoms with Gasteiger partial charge >= 0.3 is 5.97 Å². The Labute approximate surface area is 102 Å². The fourth-order valence-electron chi connectivity index (χ4n) is 0.914. The Morgan fingerprint density at radius 3 is 2.47 bits per heavy atom. The van der Waals surface area contributed by atoms with Crippen LogP contribution in [0.1, 0.15) is 21.9 Å². The highest BCUT2D eigenvalue weighted by Crippen LogP contribution is 2.35. The van der Waals surface area contributed by atoms with Gasteiger partial charge in [-0.3, -0.25) is 0 Å². The second-order valence-corrected chi connectivity index (χ2v) is 4.96. The molecule has 0 saturated carbocycles. The van der Waals surface area contributed by atoms with E-state index in [9.17, 15) is 4.79 Å². The Kier molecular flexibility index (Phi) is 3.76.